The fourth-order valence-corrected chi connectivity index (χ4v) is 2.55. The van der Waals surface area contributed by atoms with Crippen molar-refractivity contribution in [3.05, 3.63) is 34.9 Å². The molecule has 0 aliphatic carbocycles. The Hall–Kier alpha value is -0.470. The number of hydrogen-bond donors (Lipinski definition) is 1. The molecule has 1 aromatic carbocycles. The number of rotatable bonds is 5. The molecule has 0 bridgehead atoms. The molecule has 14 heavy (non-hydrogen) atoms. The van der Waals surface area contributed by atoms with E-state index in [-0.39, 0.29) is 0 Å². The summed E-state index contributed by atoms with van der Waals surface area (Å²) in [6, 6.07) is 6.43. The van der Waals surface area contributed by atoms with Gasteiger partial charge in [0.05, 0.1) is 0 Å². The highest BCUT2D eigenvalue weighted by Crippen LogP contribution is 2.20. The van der Waals surface area contributed by atoms with Crippen LogP contribution in [0.25, 0.3) is 0 Å². The molecule has 2 heteroatoms. The van der Waals surface area contributed by atoms with Crippen LogP contribution in [-0.4, -0.2) is 17.5 Å². The molecule has 0 aromatic heterocycles. The third-order valence-corrected chi connectivity index (χ3v) is 3.41. The Labute approximate surface area is 90.5 Å². The summed E-state index contributed by atoms with van der Waals surface area (Å²) >= 11 is 1.90. The van der Waals surface area contributed by atoms with E-state index >= 15 is 0 Å². The minimum atomic E-state index is 0.305. The Bertz CT molecular complexity index is 263. The molecule has 0 spiro atoms. The highest BCUT2D eigenvalue weighted by atomic mass is 32.2. The van der Waals surface area contributed by atoms with E-state index in [0.29, 0.717) is 6.61 Å². The molecule has 0 aliphatic rings. The lowest BCUT2D eigenvalue weighted by molar-refractivity contribution is 0.296. The summed E-state index contributed by atoms with van der Waals surface area (Å²) in [5, 5.41) is 8.66. The first-order valence-corrected chi connectivity index (χ1v) is 6.15. The van der Waals surface area contributed by atoms with E-state index in [4.69, 9.17) is 5.11 Å². The van der Waals surface area contributed by atoms with Gasteiger partial charge in [-0.1, -0.05) is 18.2 Å². The molecule has 0 fully saturated rings. The first kappa shape index (κ1) is 11.6. The zero-order valence-electron chi connectivity index (χ0n) is 8.92. The number of hydrogen-bond acceptors (Lipinski definition) is 2. The molecule has 1 N–H and O–H groups in total. The summed E-state index contributed by atoms with van der Waals surface area (Å²) in [7, 11) is 0. The third kappa shape index (κ3) is 3.35. The monoisotopic (exact) mass is 210 g/mol. The van der Waals surface area contributed by atoms with E-state index in [9.17, 15) is 0 Å². The zero-order valence-corrected chi connectivity index (χ0v) is 9.73. The van der Waals surface area contributed by atoms with Crippen molar-refractivity contribution in [3.63, 3.8) is 0 Å². The van der Waals surface area contributed by atoms with Gasteiger partial charge in [-0.2, -0.15) is 11.8 Å². The molecule has 0 radical (unpaired) electrons. The van der Waals surface area contributed by atoms with Gasteiger partial charge >= 0.3 is 0 Å². The van der Waals surface area contributed by atoms with Crippen molar-refractivity contribution in [1.82, 2.24) is 0 Å². The molecule has 0 saturated heterocycles. The second-order valence-corrected chi connectivity index (χ2v) is 4.61. The van der Waals surface area contributed by atoms with Gasteiger partial charge in [-0.05, 0) is 42.7 Å². The van der Waals surface area contributed by atoms with Crippen LogP contribution in [0.4, 0.5) is 0 Å². The number of thioether (sulfide) groups is 1. The largest absolute Gasteiger partial charge is 0.396 e. The predicted octanol–water partition coefficient (Wildman–Crippen LogP) is 2.92. The van der Waals surface area contributed by atoms with E-state index in [2.05, 4.69) is 32.0 Å². The molecule has 78 valence electrons. The van der Waals surface area contributed by atoms with Crippen LogP contribution in [-0.2, 0) is 5.75 Å². The Morgan fingerprint density at radius 2 is 1.86 bits per heavy atom. The molecular weight excluding hydrogens is 192 g/mol. The highest BCUT2D eigenvalue weighted by molar-refractivity contribution is 7.98. The van der Waals surface area contributed by atoms with Crippen LogP contribution in [0, 0.1) is 13.8 Å². The molecule has 0 unspecified atom stereocenters. The molecular formula is C12H18OS. The van der Waals surface area contributed by atoms with Gasteiger partial charge in [0.15, 0.2) is 0 Å². The van der Waals surface area contributed by atoms with E-state index in [1.54, 1.807) is 0 Å². The minimum absolute atomic E-state index is 0.305. The Kier molecular flexibility index (Phi) is 5.05. The smallest absolute Gasteiger partial charge is 0.0438 e. The Morgan fingerprint density at radius 1 is 1.21 bits per heavy atom. The second kappa shape index (κ2) is 6.10. The average molecular weight is 210 g/mol. The van der Waals surface area contributed by atoms with Crippen molar-refractivity contribution in [2.24, 2.45) is 0 Å². The average Bonchev–Trinajstić information content (AvgIpc) is 2.16. The van der Waals surface area contributed by atoms with Crippen molar-refractivity contribution in [1.29, 1.82) is 0 Å². The summed E-state index contributed by atoms with van der Waals surface area (Å²) in [6.45, 7) is 4.63. The van der Waals surface area contributed by atoms with Gasteiger partial charge in [0.1, 0.15) is 0 Å². The maximum atomic E-state index is 8.66. The summed E-state index contributed by atoms with van der Waals surface area (Å²) in [4.78, 5) is 0. The number of benzene rings is 1. The van der Waals surface area contributed by atoms with Gasteiger partial charge in [-0.25, -0.2) is 0 Å². The standard InChI is InChI=1S/C12H18OS/c1-10-5-3-6-11(2)12(10)9-14-8-4-7-13/h3,5-6,13H,4,7-9H2,1-2H3. The topological polar surface area (TPSA) is 20.2 Å². The van der Waals surface area contributed by atoms with E-state index in [1.807, 2.05) is 11.8 Å². The van der Waals surface area contributed by atoms with Gasteiger partial charge in [-0.15, -0.1) is 0 Å². The predicted molar refractivity (Wildman–Crippen MR) is 63.8 cm³/mol. The summed E-state index contributed by atoms with van der Waals surface area (Å²) in [6.07, 6.45) is 0.898. The fraction of sp³-hybridized carbons (Fsp3) is 0.500. The maximum absolute atomic E-state index is 8.66. The fourth-order valence-electron chi connectivity index (χ4n) is 1.42. The lowest BCUT2D eigenvalue weighted by atomic mass is 10.1. The van der Waals surface area contributed by atoms with Gasteiger partial charge in [0.25, 0.3) is 0 Å². The second-order valence-electron chi connectivity index (χ2n) is 3.50. The van der Waals surface area contributed by atoms with Gasteiger partial charge in [0.2, 0.25) is 0 Å². The van der Waals surface area contributed by atoms with Crippen molar-refractivity contribution in [3.8, 4) is 0 Å². The van der Waals surface area contributed by atoms with Crippen molar-refractivity contribution in [2.45, 2.75) is 26.0 Å². The van der Waals surface area contributed by atoms with Crippen LogP contribution in [0.15, 0.2) is 18.2 Å². The molecule has 0 aliphatic heterocycles. The summed E-state index contributed by atoms with van der Waals surface area (Å²) < 4.78 is 0. The Balaban J connectivity index is 2.49. The van der Waals surface area contributed by atoms with Crippen molar-refractivity contribution < 1.29 is 5.11 Å². The minimum Gasteiger partial charge on any atom is -0.396 e. The highest BCUT2D eigenvalue weighted by Gasteiger charge is 2.01. The van der Waals surface area contributed by atoms with Crippen LogP contribution in [0.5, 0.6) is 0 Å². The van der Waals surface area contributed by atoms with Crippen LogP contribution in [0.2, 0.25) is 0 Å². The van der Waals surface area contributed by atoms with Crippen LogP contribution < -0.4 is 0 Å². The van der Waals surface area contributed by atoms with E-state index in [0.717, 1.165) is 17.9 Å². The molecule has 0 atom stereocenters. The maximum Gasteiger partial charge on any atom is 0.0438 e. The van der Waals surface area contributed by atoms with Crippen LogP contribution >= 0.6 is 11.8 Å². The molecule has 0 amide bonds. The molecule has 1 rings (SSSR count). The third-order valence-electron chi connectivity index (χ3n) is 2.34. The zero-order chi connectivity index (χ0) is 10.4. The SMILES string of the molecule is Cc1cccc(C)c1CSCCCO. The number of aliphatic hydroxyl groups excluding tert-OH is 1. The molecule has 0 heterocycles. The summed E-state index contributed by atoms with van der Waals surface area (Å²) in [5.41, 5.74) is 4.21. The van der Waals surface area contributed by atoms with E-state index in [1.165, 1.54) is 16.7 Å². The lowest BCUT2D eigenvalue weighted by Crippen LogP contribution is -1.92. The van der Waals surface area contributed by atoms with Gasteiger partial charge < -0.3 is 5.11 Å². The Morgan fingerprint density at radius 3 is 2.43 bits per heavy atom. The van der Waals surface area contributed by atoms with Crippen LogP contribution in [0.1, 0.15) is 23.1 Å². The van der Waals surface area contributed by atoms with E-state index < -0.39 is 0 Å². The normalized spacial score (nSPS) is 10.5. The van der Waals surface area contributed by atoms with Crippen molar-refractivity contribution in [2.75, 3.05) is 12.4 Å². The number of aliphatic hydroxyl groups is 1. The quantitative estimate of drug-likeness (QED) is 0.754. The first-order valence-electron chi connectivity index (χ1n) is 4.99. The molecule has 1 nitrogen and oxygen atoms in total. The summed E-state index contributed by atoms with van der Waals surface area (Å²) in [5.74, 6) is 2.11. The molecule has 1 aromatic rings. The van der Waals surface area contributed by atoms with Gasteiger partial charge in [-0.3, -0.25) is 0 Å². The lowest BCUT2D eigenvalue weighted by Gasteiger charge is -2.08. The number of aryl methyl sites for hydroxylation is 2. The van der Waals surface area contributed by atoms with Crippen molar-refractivity contribution >= 4 is 11.8 Å². The van der Waals surface area contributed by atoms with Gasteiger partial charge in [0, 0.05) is 12.4 Å². The molecule has 0 saturated carbocycles. The first-order chi connectivity index (χ1) is 6.75. The van der Waals surface area contributed by atoms with Crippen LogP contribution in [0.3, 0.4) is 0 Å².